The van der Waals surface area contributed by atoms with Gasteiger partial charge in [0.2, 0.25) is 0 Å². The third-order valence-corrected chi connectivity index (χ3v) is 4.91. The molecule has 22 heavy (non-hydrogen) atoms. The minimum Gasteiger partial charge on any atom is -0.484 e. The standard InChI is InChI=1S/C15H14BrClN2O2S/c1-9-5-11(6-10(2)15(9)17)21-8-14(20)19-18-7-12-3-4-13(16)22-12/h3-7H,8H2,1-2H3,(H,19,20). The van der Waals surface area contributed by atoms with Gasteiger partial charge >= 0.3 is 0 Å². The van der Waals surface area contributed by atoms with Crippen molar-refractivity contribution in [3.05, 3.63) is 49.1 Å². The van der Waals surface area contributed by atoms with Crippen LogP contribution in [0, 0.1) is 13.8 Å². The lowest BCUT2D eigenvalue weighted by Crippen LogP contribution is -2.24. The lowest BCUT2D eigenvalue weighted by Gasteiger charge is -2.09. The minimum atomic E-state index is -0.322. The predicted octanol–water partition coefficient (Wildman–Crippen LogP) is 4.31. The van der Waals surface area contributed by atoms with E-state index in [1.165, 1.54) is 11.3 Å². The number of nitrogens with one attached hydrogen (secondary N) is 1. The van der Waals surface area contributed by atoms with Crippen LogP contribution in [0.5, 0.6) is 5.75 Å². The first-order valence-electron chi connectivity index (χ1n) is 6.42. The van der Waals surface area contributed by atoms with Crippen LogP contribution in [0.25, 0.3) is 0 Å². The van der Waals surface area contributed by atoms with Crippen molar-refractivity contribution in [3.63, 3.8) is 0 Å². The topological polar surface area (TPSA) is 50.7 Å². The molecule has 0 aliphatic heterocycles. The Bertz CT molecular complexity index is 692. The summed E-state index contributed by atoms with van der Waals surface area (Å²) < 4.78 is 6.45. The summed E-state index contributed by atoms with van der Waals surface area (Å²) >= 11 is 11.0. The summed E-state index contributed by atoms with van der Waals surface area (Å²) in [6.07, 6.45) is 1.59. The number of ether oxygens (including phenoxy) is 1. The van der Waals surface area contributed by atoms with Gasteiger partial charge in [-0.2, -0.15) is 5.10 Å². The molecule has 0 aliphatic rings. The van der Waals surface area contributed by atoms with Crippen LogP contribution in [0.2, 0.25) is 5.02 Å². The second-order valence-electron chi connectivity index (χ2n) is 4.59. The average Bonchev–Trinajstić information content (AvgIpc) is 2.88. The molecule has 0 unspecified atom stereocenters. The van der Waals surface area contributed by atoms with Crippen molar-refractivity contribution in [2.24, 2.45) is 5.10 Å². The molecule has 0 fully saturated rings. The van der Waals surface area contributed by atoms with E-state index >= 15 is 0 Å². The number of nitrogens with zero attached hydrogens (tertiary/aromatic N) is 1. The quantitative estimate of drug-likeness (QED) is 0.599. The number of benzene rings is 1. The molecule has 1 N–H and O–H groups in total. The molecule has 0 radical (unpaired) electrons. The largest absolute Gasteiger partial charge is 0.484 e. The summed E-state index contributed by atoms with van der Waals surface area (Å²) in [6, 6.07) is 7.42. The van der Waals surface area contributed by atoms with E-state index in [-0.39, 0.29) is 12.5 Å². The average molecular weight is 402 g/mol. The van der Waals surface area contributed by atoms with E-state index < -0.39 is 0 Å². The Morgan fingerprint density at radius 3 is 2.68 bits per heavy atom. The molecule has 7 heteroatoms. The molecule has 0 saturated heterocycles. The normalized spacial score (nSPS) is 10.9. The third kappa shape index (κ3) is 4.83. The highest BCUT2D eigenvalue weighted by atomic mass is 79.9. The fraction of sp³-hybridized carbons (Fsp3) is 0.200. The Morgan fingerprint density at radius 2 is 2.09 bits per heavy atom. The lowest BCUT2D eigenvalue weighted by molar-refractivity contribution is -0.123. The number of hydrazone groups is 1. The Kier molecular flexibility index (Phi) is 5.99. The number of thiophene rings is 1. The second kappa shape index (κ2) is 7.76. The van der Waals surface area contributed by atoms with Crippen molar-refractivity contribution in [1.82, 2.24) is 5.43 Å². The fourth-order valence-corrected chi connectivity index (χ4v) is 3.14. The zero-order chi connectivity index (χ0) is 16.1. The summed E-state index contributed by atoms with van der Waals surface area (Å²) in [4.78, 5) is 12.6. The van der Waals surface area contributed by atoms with E-state index in [4.69, 9.17) is 16.3 Å². The van der Waals surface area contributed by atoms with E-state index in [1.54, 1.807) is 18.3 Å². The van der Waals surface area contributed by atoms with Gasteiger partial charge in [0.25, 0.3) is 5.91 Å². The van der Waals surface area contributed by atoms with Gasteiger partial charge in [-0.25, -0.2) is 5.43 Å². The fourth-order valence-electron chi connectivity index (χ4n) is 1.74. The molecule has 0 saturated carbocycles. The molecule has 0 bridgehead atoms. The molecule has 1 heterocycles. The number of hydrogen-bond acceptors (Lipinski definition) is 4. The Hall–Kier alpha value is -1.37. The number of amides is 1. The molecule has 1 aromatic heterocycles. The van der Waals surface area contributed by atoms with Crippen molar-refractivity contribution in [3.8, 4) is 5.75 Å². The first kappa shape index (κ1) is 17.0. The van der Waals surface area contributed by atoms with Crippen LogP contribution in [-0.4, -0.2) is 18.7 Å². The number of halogens is 2. The molecule has 2 rings (SSSR count). The maximum absolute atomic E-state index is 11.7. The number of rotatable bonds is 5. The van der Waals surface area contributed by atoms with Crippen LogP contribution in [0.1, 0.15) is 16.0 Å². The number of carbonyl (C=O) groups excluding carboxylic acids is 1. The van der Waals surface area contributed by atoms with Gasteiger partial charge in [-0.05, 0) is 65.2 Å². The zero-order valence-electron chi connectivity index (χ0n) is 12.0. The molecule has 116 valence electrons. The summed E-state index contributed by atoms with van der Waals surface area (Å²) in [6.45, 7) is 3.68. The van der Waals surface area contributed by atoms with E-state index in [1.807, 2.05) is 26.0 Å². The highest BCUT2D eigenvalue weighted by molar-refractivity contribution is 9.11. The van der Waals surface area contributed by atoms with Gasteiger partial charge in [0.05, 0.1) is 10.0 Å². The summed E-state index contributed by atoms with van der Waals surface area (Å²) in [5.74, 6) is 0.290. The number of carbonyl (C=O) groups is 1. The monoisotopic (exact) mass is 400 g/mol. The van der Waals surface area contributed by atoms with Crippen molar-refractivity contribution in [2.75, 3.05) is 6.61 Å². The third-order valence-electron chi connectivity index (χ3n) is 2.75. The van der Waals surface area contributed by atoms with Gasteiger partial charge < -0.3 is 4.74 Å². The highest BCUT2D eigenvalue weighted by Crippen LogP contribution is 2.25. The van der Waals surface area contributed by atoms with Crippen LogP contribution < -0.4 is 10.2 Å². The smallest absolute Gasteiger partial charge is 0.277 e. The van der Waals surface area contributed by atoms with E-state index in [0.717, 1.165) is 19.8 Å². The molecule has 4 nitrogen and oxygen atoms in total. The maximum Gasteiger partial charge on any atom is 0.277 e. The molecule has 0 spiro atoms. The first-order chi connectivity index (χ1) is 10.5. The van der Waals surface area contributed by atoms with Crippen molar-refractivity contribution < 1.29 is 9.53 Å². The zero-order valence-corrected chi connectivity index (χ0v) is 15.2. The number of aryl methyl sites for hydroxylation is 2. The van der Waals surface area contributed by atoms with Crippen LogP contribution in [-0.2, 0) is 4.79 Å². The van der Waals surface area contributed by atoms with Crippen LogP contribution in [0.15, 0.2) is 33.2 Å². The van der Waals surface area contributed by atoms with E-state index in [0.29, 0.717) is 10.8 Å². The van der Waals surface area contributed by atoms with Gasteiger partial charge in [0, 0.05) is 9.90 Å². The first-order valence-corrected chi connectivity index (χ1v) is 8.41. The van der Waals surface area contributed by atoms with Crippen molar-refractivity contribution in [1.29, 1.82) is 0 Å². The van der Waals surface area contributed by atoms with Gasteiger partial charge in [-0.1, -0.05) is 11.6 Å². The Labute approximate surface area is 146 Å². The number of hydrogen-bond donors (Lipinski definition) is 1. The molecule has 0 atom stereocenters. The second-order valence-corrected chi connectivity index (χ2v) is 7.47. The van der Waals surface area contributed by atoms with E-state index in [2.05, 4.69) is 26.5 Å². The summed E-state index contributed by atoms with van der Waals surface area (Å²) in [7, 11) is 0. The van der Waals surface area contributed by atoms with Crippen molar-refractivity contribution >= 4 is 51.0 Å². The van der Waals surface area contributed by atoms with Gasteiger partial charge in [0.15, 0.2) is 6.61 Å². The maximum atomic E-state index is 11.7. The molecule has 1 aromatic carbocycles. The van der Waals surface area contributed by atoms with Gasteiger partial charge in [-0.15, -0.1) is 11.3 Å². The lowest BCUT2D eigenvalue weighted by atomic mass is 10.1. The molecular weight excluding hydrogens is 388 g/mol. The van der Waals surface area contributed by atoms with Crippen LogP contribution >= 0.6 is 38.9 Å². The summed E-state index contributed by atoms with van der Waals surface area (Å²) in [5.41, 5.74) is 4.25. The molecule has 2 aromatic rings. The Balaban J connectivity index is 1.84. The van der Waals surface area contributed by atoms with Gasteiger partial charge in [-0.3, -0.25) is 4.79 Å². The molecule has 1 amide bonds. The highest BCUT2D eigenvalue weighted by Gasteiger charge is 2.06. The van der Waals surface area contributed by atoms with Crippen molar-refractivity contribution in [2.45, 2.75) is 13.8 Å². The SMILES string of the molecule is Cc1cc(OCC(=O)NN=Cc2ccc(Br)s2)cc(C)c1Cl. The van der Waals surface area contributed by atoms with Crippen LogP contribution in [0.4, 0.5) is 0 Å². The Morgan fingerprint density at radius 1 is 1.41 bits per heavy atom. The molecule has 0 aliphatic carbocycles. The van der Waals surface area contributed by atoms with E-state index in [9.17, 15) is 4.79 Å². The minimum absolute atomic E-state index is 0.105. The summed E-state index contributed by atoms with van der Waals surface area (Å²) in [5, 5.41) is 4.59. The molecular formula is C15H14BrClN2O2S. The predicted molar refractivity (Wildman–Crippen MR) is 94.2 cm³/mol. The van der Waals surface area contributed by atoms with Crippen LogP contribution in [0.3, 0.4) is 0 Å². The van der Waals surface area contributed by atoms with Gasteiger partial charge in [0.1, 0.15) is 5.75 Å².